The van der Waals surface area contributed by atoms with Gasteiger partial charge in [0.1, 0.15) is 0 Å². The minimum Gasteiger partial charge on any atom is -0.351 e. The summed E-state index contributed by atoms with van der Waals surface area (Å²) in [5, 5.41) is 9.62. The number of nitrogens with two attached hydrogens (primary N) is 2. The molecule has 0 spiro atoms. The van der Waals surface area contributed by atoms with Crippen molar-refractivity contribution in [1.29, 1.82) is 0 Å². The van der Waals surface area contributed by atoms with Gasteiger partial charge in [0.05, 0.1) is 12.2 Å². The van der Waals surface area contributed by atoms with Crippen LogP contribution in [0.4, 0.5) is 4.79 Å². The molecule has 0 aliphatic heterocycles. The molecule has 0 aliphatic carbocycles. The van der Waals surface area contributed by atoms with E-state index in [0.29, 0.717) is 19.5 Å². The summed E-state index contributed by atoms with van der Waals surface area (Å²) < 4.78 is 1.52. The highest BCUT2D eigenvalue weighted by Crippen LogP contribution is 1.95. The molecule has 5 N–H and O–H groups in total. The number of imide groups is 1. The minimum atomic E-state index is -0.854. The molecule has 3 amide bonds. The smallest absolute Gasteiger partial charge is 0.318 e. The van der Waals surface area contributed by atoms with E-state index < -0.39 is 11.9 Å². The topological polar surface area (TPSA) is 129 Å². The number of urea groups is 1. The Morgan fingerprint density at radius 2 is 2.25 bits per heavy atom. The molecule has 0 bridgehead atoms. The second kappa shape index (κ2) is 5.81. The van der Waals surface area contributed by atoms with Crippen LogP contribution in [-0.2, 0) is 17.8 Å². The standard InChI is InChI=1S/C8H14N6O2/c9-3-1-6-5-14(13-12-6)4-2-7(15)11-8(10)16/h5H,1-4,9H2,(H3,10,11,15,16). The third kappa shape index (κ3) is 4.05. The molecule has 16 heavy (non-hydrogen) atoms. The fourth-order valence-corrected chi connectivity index (χ4v) is 1.13. The predicted molar refractivity (Wildman–Crippen MR) is 55.1 cm³/mol. The monoisotopic (exact) mass is 226 g/mol. The fraction of sp³-hybridized carbons (Fsp3) is 0.500. The average molecular weight is 226 g/mol. The van der Waals surface area contributed by atoms with Gasteiger partial charge in [-0.25, -0.2) is 4.79 Å². The van der Waals surface area contributed by atoms with Gasteiger partial charge in [0.25, 0.3) is 0 Å². The largest absolute Gasteiger partial charge is 0.351 e. The van der Waals surface area contributed by atoms with Gasteiger partial charge in [-0.2, -0.15) is 0 Å². The van der Waals surface area contributed by atoms with Crippen LogP contribution in [0.2, 0.25) is 0 Å². The maximum absolute atomic E-state index is 11.1. The molecule has 0 aromatic carbocycles. The Bertz CT molecular complexity index is 374. The number of nitrogens with zero attached hydrogens (tertiary/aromatic N) is 3. The van der Waals surface area contributed by atoms with Crippen LogP contribution < -0.4 is 16.8 Å². The maximum Gasteiger partial charge on any atom is 0.318 e. The third-order valence-corrected chi connectivity index (χ3v) is 1.82. The van der Waals surface area contributed by atoms with Crippen molar-refractivity contribution in [2.75, 3.05) is 6.54 Å². The molecular formula is C8H14N6O2. The van der Waals surface area contributed by atoms with E-state index in [4.69, 9.17) is 11.5 Å². The fourth-order valence-electron chi connectivity index (χ4n) is 1.13. The highest BCUT2D eigenvalue weighted by Gasteiger charge is 2.05. The molecule has 1 aromatic heterocycles. The number of aromatic nitrogens is 3. The van der Waals surface area contributed by atoms with Crippen LogP contribution in [-0.4, -0.2) is 33.5 Å². The highest BCUT2D eigenvalue weighted by molar-refractivity contribution is 5.93. The van der Waals surface area contributed by atoms with Gasteiger partial charge in [-0.05, 0) is 6.54 Å². The first-order valence-corrected chi connectivity index (χ1v) is 4.80. The Kier molecular flexibility index (Phi) is 4.40. The van der Waals surface area contributed by atoms with Crippen molar-refractivity contribution in [3.05, 3.63) is 11.9 Å². The molecule has 88 valence electrons. The number of rotatable bonds is 5. The van der Waals surface area contributed by atoms with E-state index in [2.05, 4.69) is 10.3 Å². The number of carbonyl (C=O) groups excluding carboxylic acids is 2. The second-order valence-corrected chi connectivity index (χ2v) is 3.17. The van der Waals surface area contributed by atoms with E-state index in [1.807, 2.05) is 5.32 Å². The number of hydrogen-bond donors (Lipinski definition) is 3. The van der Waals surface area contributed by atoms with Gasteiger partial charge in [0.2, 0.25) is 5.91 Å². The lowest BCUT2D eigenvalue weighted by Gasteiger charge is -2.00. The summed E-state index contributed by atoms with van der Waals surface area (Å²) in [4.78, 5) is 21.4. The number of amides is 3. The lowest BCUT2D eigenvalue weighted by molar-refractivity contribution is -0.120. The number of nitrogens with one attached hydrogen (secondary N) is 1. The summed E-state index contributed by atoms with van der Waals surface area (Å²) in [7, 11) is 0. The summed E-state index contributed by atoms with van der Waals surface area (Å²) in [6, 6.07) is -0.854. The quantitative estimate of drug-likeness (QED) is 0.554. The summed E-state index contributed by atoms with van der Waals surface area (Å²) in [6.45, 7) is 0.845. The zero-order valence-corrected chi connectivity index (χ0v) is 8.72. The summed E-state index contributed by atoms with van der Waals surface area (Å²) in [5.41, 5.74) is 10.9. The van der Waals surface area contributed by atoms with Crippen LogP contribution in [0.15, 0.2) is 6.20 Å². The van der Waals surface area contributed by atoms with E-state index in [1.165, 1.54) is 4.68 Å². The van der Waals surface area contributed by atoms with Crippen molar-refractivity contribution in [3.8, 4) is 0 Å². The summed E-state index contributed by atoms with van der Waals surface area (Å²) >= 11 is 0. The molecule has 0 saturated heterocycles. The maximum atomic E-state index is 11.1. The lowest BCUT2D eigenvalue weighted by Crippen LogP contribution is -2.35. The van der Waals surface area contributed by atoms with Gasteiger partial charge in [0, 0.05) is 19.0 Å². The molecule has 0 radical (unpaired) electrons. The highest BCUT2D eigenvalue weighted by atomic mass is 16.2. The molecule has 0 fully saturated rings. The first kappa shape index (κ1) is 12.1. The van der Waals surface area contributed by atoms with Gasteiger partial charge in [-0.1, -0.05) is 5.21 Å². The van der Waals surface area contributed by atoms with Crippen LogP contribution in [0.3, 0.4) is 0 Å². The molecule has 0 aliphatic rings. The molecule has 0 atom stereocenters. The van der Waals surface area contributed by atoms with Crippen molar-refractivity contribution in [3.63, 3.8) is 0 Å². The van der Waals surface area contributed by atoms with Gasteiger partial charge in [0.15, 0.2) is 0 Å². The van der Waals surface area contributed by atoms with Gasteiger partial charge in [-0.15, -0.1) is 5.10 Å². The van der Waals surface area contributed by atoms with E-state index in [0.717, 1.165) is 5.69 Å². The zero-order chi connectivity index (χ0) is 12.0. The van der Waals surface area contributed by atoms with Crippen molar-refractivity contribution in [2.45, 2.75) is 19.4 Å². The molecule has 8 heteroatoms. The second-order valence-electron chi connectivity index (χ2n) is 3.17. The summed E-state index contributed by atoms with van der Waals surface area (Å²) in [5.74, 6) is -0.441. The Balaban J connectivity index is 2.36. The molecule has 1 aromatic rings. The van der Waals surface area contributed by atoms with E-state index in [-0.39, 0.29) is 6.42 Å². The number of hydrogen-bond acceptors (Lipinski definition) is 5. The van der Waals surface area contributed by atoms with Crippen LogP contribution in [0.5, 0.6) is 0 Å². The van der Waals surface area contributed by atoms with Crippen molar-refractivity contribution in [2.24, 2.45) is 11.5 Å². The van der Waals surface area contributed by atoms with Gasteiger partial charge in [-0.3, -0.25) is 14.8 Å². The molecular weight excluding hydrogens is 212 g/mol. The van der Waals surface area contributed by atoms with Crippen molar-refractivity contribution >= 4 is 11.9 Å². The number of carbonyl (C=O) groups is 2. The molecule has 8 nitrogen and oxygen atoms in total. The normalized spacial score (nSPS) is 10.1. The van der Waals surface area contributed by atoms with Crippen LogP contribution in [0.25, 0.3) is 0 Å². The van der Waals surface area contributed by atoms with Gasteiger partial charge < -0.3 is 11.5 Å². The minimum absolute atomic E-state index is 0.119. The Morgan fingerprint density at radius 1 is 1.50 bits per heavy atom. The van der Waals surface area contributed by atoms with E-state index in [9.17, 15) is 9.59 Å². The van der Waals surface area contributed by atoms with Gasteiger partial charge >= 0.3 is 6.03 Å². The molecule has 1 heterocycles. The number of aryl methyl sites for hydroxylation is 1. The summed E-state index contributed by atoms with van der Waals surface area (Å²) in [6.07, 6.45) is 2.48. The molecule has 1 rings (SSSR count). The van der Waals surface area contributed by atoms with Crippen LogP contribution in [0.1, 0.15) is 12.1 Å². The molecule has 0 saturated carbocycles. The predicted octanol–water partition coefficient (Wildman–Crippen LogP) is -1.64. The Morgan fingerprint density at radius 3 is 2.88 bits per heavy atom. The van der Waals surface area contributed by atoms with E-state index in [1.54, 1.807) is 6.20 Å². The Hall–Kier alpha value is -1.96. The first-order chi connectivity index (χ1) is 7.61. The lowest BCUT2D eigenvalue weighted by atomic mass is 10.3. The Labute approximate surface area is 92.0 Å². The third-order valence-electron chi connectivity index (χ3n) is 1.82. The van der Waals surface area contributed by atoms with Crippen molar-refractivity contribution in [1.82, 2.24) is 20.3 Å². The molecule has 0 unspecified atom stereocenters. The van der Waals surface area contributed by atoms with Crippen molar-refractivity contribution < 1.29 is 9.59 Å². The SMILES string of the molecule is NCCc1cn(CCC(=O)NC(N)=O)nn1. The number of primary amides is 1. The van der Waals surface area contributed by atoms with Crippen LogP contribution in [0, 0.1) is 0 Å². The zero-order valence-electron chi connectivity index (χ0n) is 8.72. The first-order valence-electron chi connectivity index (χ1n) is 4.80. The average Bonchev–Trinajstić information content (AvgIpc) is 2.62. The van der Waals surface area contributed by atoms with E-state index >= 15 is 0 Å². The van der Waals surface area contributed by atoms with Crippen LogP contribution >= 0.6 is 0 Å².